The predicted molar refractivity (Wildman–Crippen MR) is 109 cm³/mol. The van der Waals surface area contributed by atoms with E-state index in [0.29, 0.717) is 10.7 Å². The zero-order valence-electron chi connectivity index (χ0n) is 15.8. The van der Waals surface area contributed by atoms with Gasteiger partial charge >= 0.3 is 5.97 Å². The average Bonchev–Trinajstić information content (AvgIpc) is 2.70. The fourth-order valence-electron chi connectivity index (χ4n) is 3.21. The van der Waals surface area contributed by atoms with Crippen molar-refractivity contribution in [2.24, 2.45) is 0 Å². The van der Waals surface area contributed by atoms with E-state index < -0.39 is 0 Å². The second kappa shape index (κ2) is 8.39. The van der Waals surface area contributed by atoms with Gasteiger partial charge in [-0.3, -0.25) is 0 Å². The van der Waals surface area contributed by atoms with Crippen LogP contribution in [0.15, 0.2) is 65.1 Å². The summed E-state index contributed by atoms with van der Waals surface area (Å²) in [6.45, 7) is 2.12. The Kier molecular flexibility index (Phi) is 5.96. The van der Waals surface area contributed by atoms with Crippen LogP contribution < -0.4 is 5.32 Å². The molecule has 1 heterocycles. The van der Waals surface area contributed by atoms with Crippen molar-refractivity contribution in [1.29, 1.82) is 0 Å². The number of esters is 1. The monoisotopic (exact) mass is 384 g/mol. The van der Waals surface area contributed by atoms with Crippen LogP contribution in [0.25, 0.3) is 0 Å². The van der Waals surface area contributed by atoms with Crippen LogP contribution in [0.1, 0.15) is 25.3 Å². The molecule has 6 heteroatoms. The summed E-state index contributed by atoms with van der Waals surface area (Å²) in [6, 6.07) is 9.31. The molecule has 1 aromatic carbocycles. The van der Waals surface area contributed by atoms with E-state index in [0.717, 1.165) is 35.4 Å². The number of allylic oxidation sites excluding steroid dienone is 3. The van der Waals surface area contributed by atoms with Gasteiger partial charge in [0, 0.05) is 19.2 Å². The molecule has 1 aliphatic heterocycles. The summed E-state index contributed by atoms with van der Waals surface area (Å²) >= 11 is 5.44. The first-order valence-corrected chi connectivity index (χ1v) is 9.32. The van der Waals surface area contributed by atoms with E-state index in [1.807, 2.05) is 50.4 Å². The topological polar surface area (TPSA) is 50.8 Å². The lowest BCUT2D eigenvalue weighted by molar-refractivity contribution is -0.140. The van der Waals surface area contributed by atoms with Gasteiger partial charge in [-0.2, -0.15) is 0 Å². The standard InChI is InChI=1S/C21H24N2O3S/c1-14-18(20(24)26-13-15-8-5-4-6-9-15)19(22-21(27)23(14)2)16-10-7-11-17(12-16)25-3/h4-6,8-10,12,19H,7,11,13H2,1-3H3,(H,22,27). The van der Waals surface area contributed by atoms with Crippen LogP contribution in [0.3, 0.4) is 0 Å². The lowest BCUT2D eigenvalue weighted by Gasteiger charge is -2.36. The lowest BCUT2D eigenvalue weighted by atomic mass is 9.91. The van der Waals surface area contributed by atoms with E-state index in [2.05, 4.69) is 11.4 Å². The number of benzene rings is 1. The number of rotatable bonds is 5. The molecular formula is C21H24N2O3S. The second-order valence-corrected chi connectivity index (χ2v) is 6.95. The van der Waals surface area contributed by atoms with Gasteiger partial charge in [-0.15, -0.1) is 0 Å². The zero-order chi connectivity index (χ0) is 19.4. The number of carbonyl (C=O) groups excluding carboxylic acids is 1. The molecule has 0 saturated carbocycles. The second-order valence-electron chi connectivity index (χ2n) is 6.56. The minimum atomic E-state index is -0.345. The van der Waals surface area contributed by atoms with Gasteiger partial charge in [-0.05, 0) is 42.8 Å². The Morgan fingerprint density at radius 3 is 2.78 bits per heavy atom. The Morgan fingerprint density at radius 2 is 2.07 bits per heavy atom. The van der Waals surface area contributed by atoms with Crippen LogP contribution in [-0.4, -0.2) is 36.2 Å². The molecule has 142 valence electrons. The van der Waals surface area contributed by atoms with Crippen molar-refractivity contribution in [3.05, 3.63) is 70.6 Å². The molecule has 1 aliphatic carbocycles. The fourth-order valence-corrected chi connectivity index (χ4v) is 3.47. The summed E-state index contributed by atoms with van der Waals surface area (Å²) in [5, 5.41) is 3.85. The van der Waals surface area contributed by atoms with E-state index in [4.69, 9.17) is 21.7 Å². The van der Waals surface area contributed by atoms with Crippen molar-refractivity contribution in [1.82, 2.24) is 10.2 Å². The molecule has 0 spiro atoms. The van der Waals surface area contributed by atoms with E-state index in [-0.39, 0.29) is 18.6 Å². The van der Waals surface area contributed by atoms with Gasteiger partial charge in [0.1, 0.15) is 6.61 Å². The summed E-state index contributed by atoms with van der Waals surface area (Å²) in [5.74, 6) is 0.552. The van der Waals surface area contributed by atoms with Gasteiger partial charge in [-0.1, -0.05) is 36.4 Å². The molecule has 1 aromatic rings. The largest absolute Gasteiger partial charge is 0.501 e. The smallest absolute Gasteiger partial charge is 0.338 e. The molecule has 27 heavy (non-hydrogen) atoms. The number of thiocarbonyl (C=S) groups is 1. The van der Waals surface area contributed by atoms with E-state index in [1.54, 1.807) is 12.0 Å². The number of methoxy groups -OCH3 is 1. The number of hydrogen-bond acceptors (Lipinski definition) is 4. The van der Waals surface area contributed by atoms with Crippen LogP contribution in [0.5, 0.6) is 0 Å². The molecule has 5 nitrogen and oxygen atoms in total. The first-order chi connectivity index (χ1) is 13.0. The quantitative estimate of drug-likeness (QED) is 0.620. The first-order valence-electron chi connectivity index (χ1n) is 8.92. The Bertz CT molecular complexity index is 827. The highest BCUT2D eigenvalue weighted by Crippen LogP contribution is 2.29. The maximum atomic E-state index is 13.0. The molecule has 0 amide bonds. The third-order valence-electron chi connectivity index (χ3n) is 4.88. The van der Waals surface area contributed by atoms with Gasteiger partial charge in [0.15, 0.2) is 5.11 Å². The molecule has 2 aliphatic rings. The molecule has 1 unspecified atom stereocenters. The van der Waals surface area contributed by atoms with Crippen LogP contribution in [0.2, 0.25) is 0 Å². The summed E-state index contributed by atoms with van der Waals surface area (Å²) in [4.78, 5) is 14.8. The Hall–Kier alpha value is -2.60. The van der Waals surface area contributed by atoms with Crippen LogP contribution in [-0.2, 0) is 20.9 Å². The Labute approximate surface area is 165 Å². The van der Waals surface area contributed by atoms with Crippen LogP contribution in [0.4, 0.5) is 0 Å². The summed E-state index contributed by atoms with van der Waals surface area (Å²) in [7, 11) is 3.51. The average molecular weight is 385 g/mol. The molecule has 0 fully saturated rings. The van der Waals surface area contributed by atoms with Crippen molar-refractivity contribution in [2.75, 3.05) is 14.2 Å². The van der Waals surface area contributed by atoms with Gasteiger partial charge in [0.25, 0.3) is 0 Å². The summed E-state index contributed by atoms with van der Waals surface area (Å²) in [6.07, 6.45) is 5.81. The molecule has 1 N–H and O–H groups in total. The van der Waals surface area contributed by atoms with E-state index in [1.165, 1.54) is 0 Å². The molecule has 3 rings (SSSR count). The highest BCUT2D eigenvalue weighted by molar-refractivity contribution is 7.80. The third kappa shape index (κ3) is 4.22. The van der Waals surface area contributed by atoms with Crippen LogP contribution >= 0.6 is 12.2 Å². The third-order valence-corrected chi connectivity index (χ3v) is 5.27. The maximum Gasteiger partial charge on any atom is 0.338 e. The molecule has 0 bridgehead atoms. The lowest BCUT2D eigenvalue weighted by Crippen LogP contribution is -2.51. The van der Waals surface area contributed by atoms with E-state index >= 15 is 0 Å². The van der Waals surface area contributed by atoms with Crippen molar-refractivity contribution in [3.63, 3.8) is 0 Å². The number of nitrogens with zero attached hydrogens (tertiary/aromatic N) is 1. The Morgan fingerprint density at radius 1 is 1.33 bits per heavy atom. The van der Waals surface area contributed by atoms with Gasteiger partial charge in [0.05, 0.1) is 24.5 Å². The molecule has 0 saturated heterocycles. The first kappa shape index (κ1) is 19.2. The zero-order valence-corrected chi connectivity index (χ0v) is 16.6. The van der Waals surface area contributed by atoms with Crippen molar-refractivity contribution in [2.45, 2.75) is 32.4 Å². The SMILES string of the molecule is COC1=CC(C2NC(=S)N(C)C(C)=C2C(=O)OCc2ccccc2)=CCC1. The van der Waals surface area contributed by atoms with Gasteiger partial charge < -0.3 is 19.7 Å². The number of hydrogen-bond donors (Lipinski definition) is 1. The molecule has 1 atom stereocenters. The molecule has 0 radical (unpaired) electrons. The summed E-state index contributed by atoms with van der Waals surface area (Å²) in [5.41, 5.74) is 3.29. The maximum absolute atomic E-state index is 13.0. The highest BCUT2D eigenvalue weighted by Gasteiger charge is 2.34. The van der Waals surface area contributed by atoms with Crippen molar-refractivity contribution in [3.8, 4) is 0 Å². The summed E-state index contributed by atoms with van der Waals surface area (Å²) < 4.78 is 11.0. The predicted octanol–water partition coefficient (Wildman–Crippen LogP) is 3.44. The van der Waals surface area contributed by atoms with E-state index in [9.17, 15) is 4.79 Å². The van der Waals surface area contributed by atoms with Crippen molar-refractivity contribution < 1.29 is 14.3 Å². The normalized spacial score (nSPS) is 19.9. The van der Waals surface area contributed by atoms with Gasteiger partial charge in [-0.25, -0.2) is 4.79 Å². The van der Waals surface area contributed by atoms with Gasteiger partial charge in [0.2, 0.25) is 0 Å². The number of carbonyl (C=O) groups is 1. The highest BCUT2D eigenvalue weighted by atomic mass is 32.1. The Balaban J connectivity index is 1.87. The fraction of sp³-hybridized carbons (Fsp3) is 0.333. The van der Waals surface area contributed by atoms with Crippen molar-refractivity contribution >= 4 is 23.3 Å². The minimum Gasteiger partial charge on any atom is -0.501 e. The minimum absolute atomic E-state index is 0.232. The molecule has 0 aromatic heterocycles. The van der Waals surface area contributed by atoms with Crippen LogP contribution in [0, 0.1) is 0 Å². The number of nitrogens with one attached hydrogen (secondary N) is 1. The molecular weight excluding hydrogens is 360 g/mol. The number of ether oxygens (including phenoxy) is 2.